The summed E-state index contributed by atoms with van der Waals surface area (Å²) in [7, 11) is 1.57. The Hall–Kier alpha value is -2.01. The van der Waals surface area contributed by atoms with Crippen LogP contribution in [0.15, 0.2) is 42.5 Å². The number of ether oxygens (including phenoxy) is 1. The number of carbonyl (C=O) groups is 1. The van der Waals surface area contributed by atoms with Crippen LogP contribution >= 0.6 is 11.8 Å². The van der Waals surface area contributed by atoms with Gasteiger partial charge in [0.15, 0.2) is 0 Å². The van der Waals surface area contributed by atoms with Crippen LogP contribution in [-0.2, 0) is 10.5 Å². The number of carbonyl (C=O) groups excluding carboxylic acids is 1. The third kappa shape index (κ3) is 4.77. The van der Waals surface area contributed by atoms with Crippen molar-refractivity contribution in [3.8, 4) is 5.75 Å². The third-order valence-corrected chi connectivity index (χ3v) is 4.02. The summed E-state index contributed by atoms with van der Waals surface area (Å²) >= 11 is 1.44. The van der Waals surface area contributed by atoms with Crippen LogP contribution in [0.1, 0.15) is 11.1 Å². The summed E-state index contributed by atoms with van der Waals surface area (Å²) < 4.78 is 18.3. The number of aryl methyl sites for hydroxylation is 1. The molecule has 0 aliphatic heterocycles. The standard InChI is InChI=1S/C17H18FNO2S/c1-12-6-7-16(21-2)15(8-12)19-17(20)11-22-10-13-4-3-5-14(18)9-13/h3-9H,10-11H2,1-2H3,(H,19,20). The van der Waals surface area contributed by atoms with Crippen molar-refractivity contribution in [3.63, 3.8) is 0 Å². The molecule has 2 aromatic rings. The van der Waals surface area contributed by atoms with Gasteiger partial charge in [0.2, 0.25) is 5.91 Å². The summed E-state index contributed by atoms with van der Waals surface area (Å²) in [6.45, 7) is 1.95. The van der Waals surface area contributed by atoms with Gasteiger partial charge in [0, 0.05) is 5.75 Å². The minimum Gasteiger partial charge on any atom is -0.495 e. The zero-order chi connectivity index (χ0) is 15.9. The molecule has 1 N–H and O–H groups in total. The Balaban J connectivity index is 1.87. The van der Waals surface area contributed by atoms with E-state index in [0.29, 0.717) is 22.9 Å². The lowest BCUT2D eigenvalue weighted by Crippen LogP contribution is -2.15. The second-order valence-electron chi connectivity index (χ2n) is 4.87. The maximum Gasteiger partial charge on any atom is 0.234 e. The normalized spacial score (nSPS) is 10.3. The molecule has 0 radical (unpaired) electrons. The maximum atomic E-state index is 13.1. The Kier molecular flexibility index (Phi) is 5.83. The highest BCUT2D eigenvalue weighted by atomic mass is 32.2. The highest BCUT2D eigenvalue weighted by molar-refractivity contribution is 7.99. The molecule has 0 saturated carbocycles. The van der Waals surface area contributed by atoms with E-state index in [1.807, 2.05) is 31.2 Å². The number of amides is 1. The molecule has 5 heteroatoms. The number of rotatable bonds is 6. The Morgan fingerprint density at radius 1 is 1.27 bits per heavy atom. The quantitative estimate of drug-likeness (QED) is 0.874. The molecule has 0 bridgehead atoms. The lowest BCUT2D eigenvalue weighted by atomic mass is 10.2. The van der Waals surface area contributed by atoms with E-state index < -0.39 is 0 Å². The van der Waals surface area contributed by atoms with Crippen molar-refractivity contribution in [1.29, 1.82) is 0 Å². The number of nitrogens with one attached hydrogen (secondary N) is 1. The molecule has 2 aromatic carbocycles. The number of anilines is 1. The maximum absolute atomic E-state index is 13.1. The van der Waals surface area contributed by atoms with Crippen molar-refractivity contribution in [1.82, 2.24) is 0 Å². The molecule has 2 rings (SSSR count). The predicted molar refractivity (Wildman–Crippen MR) is 88.9 cm³/mol. The summed E-state index contributed by atoms with van der Waals surface area (Å²) in [6, 6.07) is 12.0. The van der Waals surface area contributed by atoms with E-state index >= 15 is 0 Å². The van der Waals surface area contributed by atoms with E-state index in [1.54, 1.807) is 13.2 Å². The molecule has 0 spiro atoms. The van der Waals surface area contributed by atoms with Crippen LogP contribution in [0.4, 0.5) is 10.1 Å². The van der Waals surface area contributed by atoms with Crippen molar-refractivity contribution >= 4 is 23.4 Å². The van der Waals surface area contributed by atoms with E-state index in [-0.39, 0.29) is 11.7 Å². The van der Waals surface area contributed by atoms with E-state index in [9.17, 15) is 9.18 Å². The van der Waals surface area contributed by atoms with Crippen LogP contribution in [0, 0.1) is 12.7 Å². The van der Waals surface area contributed by atoms with Crippen molar-refractivity contribution in [3.05, 3.63) is 59.4 Å². The fraction of sp³-hybridized carbons (Fsp3) is 0.235. The van der Waals surface area contributed by atoms with Crippen LogP contribution in [0.5, 0.6) is 5.75 Å². The molecule has 0 aromatic heterocycles. The molecule has 0 fully saturated rings. The molecule has 116 valence electrons. The van der Waals surface area contributed by atoms with Gasteiger partial charge in [-0.15, -0.1) is 11.8 Å². The lowest BCUT2D eigenvalue weighted by Gasteiger charge is -2.11. The van der Waals surface area contributed by atoms with Gasteiger partial charge in [0.05, 0.1) is 18.6 Å². The first-order chi connectivity index (χ1) is 10.6. The summed E-state index contributed by atoms with van der Waals surface area (Å²) in [5.74, 6) is 1.16. The van der Waals surface area contributed by atoms with Gasteiger partial charge in [-0.05, 0) is 42.3 Å². The van der Waals surface area contributed by atoms with Gasteiger partial charge < -0.3 is 10.1 Å². The van der Waals surface area contributed by atoms with Gasteiger partial charge in [0.25, 0.3) is 0 Å². The molecule has 0 aliphatic rings. The summed E-state index contributed by atoms with van der Waals surface area (Å²) in [5.41, 5.74) is 2.58. The van der Waals surface area contributed by atoms with Gasteiger partial charge >= 0.3 is 0 Å². The largest absolute Gasteiger partial charge is 0.495 e. The van der Waals surface area contributed by atoms with Crippen molar-refractivity contribution < 1.29 is 13.9 Å². The number of hydrogen-bond acceptors (Lipinski definition) is 3. The Morgan fingerprint density at radius 3 is 2.82 bits per heavy atom. The Morgan fingerprint density at radius 2 is 2.09 bits per heavy atom. The summed E-state index contributed by atoms with van der Waals surface area (Å²) in [6.07, 6.45) is 0. The minimum absolute atomic E-state index is 0.106. The Labute approximate surface area is 133 Å². The fourth-order valence-electron chi connectivity index (χ4n) is 1.99. The van der Waals surface area contributed by atoms with Crippen LogP contribution < -0.4 is 10.1 Å². The van der Waals surface area contributed by atoms with Gasteiger partial charge in [0.1, 0.15) is 11.6 Å². The number of thioether (sulfide) groups is 1. The summed E-state index contributed by atoms with van der Waals surface area (Å²) in [5, 5.41) is 2.84. The zero-order valence-electron chi connectivity index (χ0n) is 12.6. The third-order valence-electron chi connectivity index (χ3n) is 3.02. The van der Waals surface area contributed by atoms with Crippen molar-refractivity contribution in [2.75, 3.05) is 18.2 Å². The van der Waals surface area contributed by atoms with Gasteiger partial charge in [-0.2, -0.15) is 0 Å². The van der Waals surface area contributed by atoms with Crippen LogP contribution in [0.3, 0.4) is 0 Å². The van der Waals surface area contributed by atoms with Gasteiger partial charge in [-0.1, -0.05) is 18.2 Å². The Bertz CT molecular complexity index is 661. The average Bonchev–Trinajstić information content (AvgIpc) is 2.47. The van der Waals surface area contributed by atoms with E-state index in [0.717, 1.165) is 11.1 Å². The van der Waals surface area contributed by atoms with Crippen LogP contribution in [0.25, 0.3) is 0 Å². The monoisotopic (exact) mass is 319 g/mol. The van der Waals surface area contributed by atoms with Gasteiger partial charge in [-0.3, -0.25) is 4.79 Å². The SMILES string of the molecule is COc1ccc(C)cc1NC(=O)CSCc1cccc(F)c1. The highest BCUT2D eigenvalue weighted by Crippen LogP contribution is 2.25. The summed E-state index contributed by atoms with van der Waals surface area (Å²) in [4.78, 5) is 12.0. The number of methoxy groups -OCH3 is 1. The zero-order valence-corrected chi connectivity index (χ0v) is 13.4. The first kappa shape index (κ1) is 16.4. The fourth-order valence-corrected chi connectivity index (χ4v) is 2.77. The molecule has 22 heavy (non-hydrogen) atoms. The van der Waals surface area contributed by atoms with Crippen molar-refractivity contribution in [2.45, 2.75) is 12.7 Å². The number of benzene rings is 2. The number of hydrogen-bond donors (Lipinski definition) is 1. The number of halogens is 1. The van der Waals surface area contributed by atoms with Crippen LogP contribution in [0.2, 0.25) is 0 Å². The van der Waals surface area contributed by atoms with E-state index in [2.05, 4.69) is 5.32 Å². The molecule has 0 saturated heterocycles. The molecule has 3 nitrogen and oxygen atoms in total. The molecule has 0 heterocycles. The van der Waals surface area contributed by atoms with E-state index in [4.69, 9.17) is 4.74 Å². The second-order valence-corrected chi connectivity index (χ2v) is 5.86. The first-order valence-electron chi connectivity index (χ1n) is 6.85. The molecule has 1 amide bonds. The smallest absolute Gasteiger partial charge is 0.234 e. The van der Waals surface area contributed by atoms with Crippen LogP contribution in [-0.4, -0.2) is 18.8 Å². The first-order valence-corrected chi connectivity index (χ1v) is 8.00. The molecule has 0 aliphatic carbocycles. The molecule has 0 atom stereocenters. The molecule has 0 unspecified atom stereocenters. The minimum atomic E-state index is -0.257. The highest BCUT2D eigenvalue weighted by Gasteiger charge is 2.08. The topological polar surface area (TPSA) is 38.3 Å². The lowest BCUT2D eigenvalue weighted by molar-refractivity contribution is -0.113. The van der Waals surface area contributed by atoms with Gasteiger partial charge in [-0.25, -0.2) is 4.39 Å². The molecular formula is C17H18FNO2S. The second kappa shape index (κ2) is 7.84. The predicted octanol–water partition coefficient (Wildman–Crippen LogP) is 4.01. The molecular weight excluding hydrogens is 301 g/mol. The van der Waals surface area contributed by atoms with Crippen molar-refractivity contribution in [2.24, 2.45) is 0 Å². The van der Waals surface area contributed by atoms with E-state index in [1.165, 1.54) is 23.9 Å². The average molecular weight is 319 g/mol.